The molecule has 19 heavy (non-hydrogen) atoms. The zero-order valence-corrected chi connectivity index (χ0v) is 12.1. The summed E-state index contributed by atoms with van der Waals surface area (Å²) in [6.45, 7) is 0.699. The molecular formula is C14H16BrF2NO. The van der Waals surface area contributed by atoms with Gasteiger partial charge in [-0.3, -0.25) is 4.79 Å². The monoisotopic (exact) mass is 331 g/mol. The van der Waals surface area contributed by atoms with Gasteiger partial charge in [0.05, 0.1) is 0 Å². The molecule has 1 saturated heterocycles. The number of rotatable bonds is 4. The van der Waals surface area contributed by atoms with E-state index in [9.17, 15) is 13.6 Å². The average Bonchev–Trinajstić information content (AvgIpc) is 2.87. The highest BCUT2D eigenvalue weighted by Gasteiger charge is 2.29. The quantitative estimate of drug-likeness (QED) is 0.769. The van der Waals surface area contributed by atoms with Crippen molar-refractivity contribution in [1.82, 2.24) is 4.90 Å². The molecule has 0 bridgehead atoms. The third-order valence-electron chi connectivity index (χ3n) is 3.48. The topological polar surface area (TPSA) is 20.3 Å². The number of alkyl halides is 1. The van der Waals surface area contributed by atoms with Crippen LogP contribution in [0.15, 0.2) is 18.2 Å². The normalized spacial score (nSPS) is 18.9. The van der Waals surface area contributed by atoms with Crippen LogP contribution in [0.1, 0.15) is 36.0 Å². The van der Waals surface area contributed by atoms with Crippen molar-refractivity contribution < 1.29 is 13.6 Å². The Hall–Kier alpha value is -0.970. The summed E-state index contributed by atoms with van der Waals surface area (Å²) in [5.74, 6) is -2.09. The zero-order chi connectivity index (χ0) is 13.8. The van der Waals surface area contributed by atoms with Gasteiger partial charge in [0, 0.05) is 23.5 Å². The minimum Gasteiger partial charge on any atom is -0.336 e. The van der Waals surface area contributed by atoms with Crippen molar-refractivity contribution in [1.29, 1.82) is 0 Å². The maximum absolute atomic E-state index is 13.2. The number of nitrogens with zero attached hydrogens (tertiary/aromatic N) is 1. The van der Waals surface area contributed by atoms with Crippen molar-refractivity contribution in [3.8, 4) is 0 Å². The van der Waals surface area contributed by atoms with Crippen molar-refractivity contribution in [3.63, 3.8) is 0 Å². The molecule has 1 aromatic rings. The lowest BCUT2D eigenvalue weighted by molar-refractivity contribution is 0.0729. The molecule has 5 heteroatoms. The lowest BCUT2D eigenvalue weighted by Crippen LogP contribution is -2.35. The Balaban J connectivity index is 2.11. The zero-order valence-electron chi connectivity index (χ0n) is 10.5. The molecule has 0 spiro atoms. The fraction of sp³-hybridized carbons (Fsp3) is 0.500. The van der Waals surface area contributed by atoms with Crippen molar-refractivity contribution in [2.75, 3.05) is 11.9 Å². The van der Waals surface area contributed by atoms with E-state index < -0.39 is 11.6 Å². The van der Waals surface area contributed by atoms with Gasteiger partial charge in [0.2, 0.25) is 0 Å². The number of likely N-dealkylation sites (tertiary alicyclic amines) is 1. The van der Waals surface area contributed by atoms with Crippen LogP contribution in [-0.4, -0.2) is 28.7 Å². The predicted octanol–water partition coefficient (Wildman–Crippen LogP) is 3.74. The Labute approximate surface area is 119 Å². The lowest BCUT2D eigenvalue weighted by Gasteiger charge is -2.24. The summed E-state index contributed by atoms with van der Waals surface area (Å²) < 4.78 is 26.1. The van der Waals surface area contributed by atoms with Gasteiger partial charge in [-0.25, -0.2) is 8.78 Å². The van der Waals surface area contributed by atoms with E-state index in [4.69, 9.17) is 0 Å². The van der Waals surface area contributed by atoms with Gasteiger partial charge in [0.1, 0.15) is 0 Å². The summed E-state index contributed by atoms with van der Waals surface area (Å²) in [6, 6.07) is 3.56. The Morgan fingerprint density at radius 3 is 2.84 bits per heavy atom. The Bertz CT molecular complexity index is 467. The van der Waals surface area contributed by atoms with Crippen LogP contribution in [0.5, 0.6) is 0 Å². The van der Waals surface area contributed by atoms with E-state index in [1.54, 1.807) is 4.90 Å². The van der Waals surface area contributed by atoms with Gasteiger partial charge >= 0.3 is 0 Å². The summed E-state index contributed by atoms with van der Waals surface area (Å²) in [5.41, 5.74) is 0.227. The molecule has 1 aliphatic heterocycles. The maximum Gasteiger partial charge on any atom is 0.254 e. The van der Waals surface area contributed by atoms with Gasteiger partial charge in [0.15, 0.2) is 11.6 Å². The SMILES string of the molecule is O=C(c1ccc(F)c(F)c1)N1CCCC1CCCBr. The molecule has 1 heterocycles. The molecule has 1 atom stereocenters. The van der Waals surface area contributed by atoms with Crippen LogP contribution in [0.3, 0.4) is 0 Å². The third kappa shape index (κ3) is 3.32. The number of hydrogen-bond donors (Lipinski definition) is 0. The number of amides is 1. The van der Waals surface area contributed by atoms with Crippen LogP contribution in [0.4, 0.5) is 8.78 Å². The molecule has 1 aromatic carbocycles. The number of hydrogen-bond acceptors (Lipinski definition) is 1. The molecule has 0 radical (unpaired) electrons. The van der Waals surface area contributed by atoms with Crippen LogP contribution >= 0.6 is 15.9 Å². The van der Waals surface area contributed by atoms with E-state index in [1.165, 1.54) is 6.07 Å². The van der Waals surface area contributed by atoms with Crippen LogP contribution in [-0.2, 0) is 0 Å². The highest BCUT2D eigenvalue weighted by molar-refractivity contribution is 9.09. The van der Waals surface area contributed by atoms with Crippen molar-refractivity contribution in [3.05, 3.63) is 35.4 Å². The fourth-order valence-corrected chi connectivity index (χ4v) is 2.83. The number of carbonyl (C=O) groups is 1. The minimum absolute atomic E-state index is 0.198. The second kappa shape index (κ2) is 6.46. The van der Waals surface area contributed by atoms with E-state index in [0.29, 0.717) is 6.54 Å². The molecular weight excluding hydrogens is 316 g/mol. The molecule has 2 nitrogen and oxygen atoms in total. The van der Waals surface area contributed by atoms with Gasteiger partial charge in [-0.15, -0.1) is 0 Å². The van der Waals surface area contributed by atoms with E-state index >= 15 is 0 Å². The summed E-state index contributed by atoms with van der Waals surface area (Å²) in [4.78, 5) is 14.1. The summed E-state index contributed by atoms with van der Waals surface area (Å²) in [6.07, 6.45) is 3.91. The second-order valence-electron chi connectivity index (χ2n) is 4.75. The summed E-state index contributed by atoms with van der Waals surface area (Å²) in [5, 5.41) is 0.913. The number of benzene rings is 1. The Morgan fingerprint density at radius 2 is 2.16 bits per heavy atom. The first-order chi connectivity index (χ1) is 9.13. The average molecular weight is 332 g/mol. The Morgan fingerprint density at radius 1 is 1.37 bits per heavy atom. The van der Waals surface area contributed by atoms with Gasteiger partial charge in [0.25, 0.3) is 5.91 Å². The molecule has 1 aliphatic rings. The third-order valence-corrected chi connectivity index (χ3v) is 4.04. The van der Waals surface area contributed by atoms with Gasteiger partial charge in [-0.2, -0.15) is 0 Å². The first-order valence-corrected chi connectivity index (χ1v) is 7.57. The highest BCUT2D eigenvalue weighted by Crippen LogP contribution is 2.24. The number of carbonyl (C=O) groups excluding carboxylic acids is 1. The molecule has 0 saturated carbocycles. The predicted molar refractivity (Wildman–Crippen MR) is 73.4 cm³/mol. The maximum atomic E-state index is 13.2. The molecule has 1 unspecified atom stereocenters. The van der Waals surface area contributed by atoms with Crippen LogP contribution in [0, 0.1) is 11.6 Å². The smallest absolute Gasteiger partial charge is 0.254 e. The molecule has 104 valence electrons. The van der Waals surface area contributed by atoms with Gasteiger partial charge in [-0.05, 0) is 43.9 Å². The minimum atomic E-state index is -0.970. The van der Waals surface area contributed by atoms with Crippen molar-refractivity contribution in [2.24, 2.45) is 0 Å². The summed E-state index contributed by atoms with van der Waals surface area (Å²) >= 11 is 3.38. The van der Waals surface area contributed by atoms with E-state index in [-0.39, 0.29) is 17.5 Å². The Kier molecular flexibility index (Phi) is 4.91. The second-order valence-corrected chi connectivity index (χ2v) is 5.55. The van der Waals surface area contributed by atoms with Crippen LogP contribution in [0.25, 0.3) is 0 Å². The van der Waals surface area contributed by atoms with E-state index in [1.807, 2.05) is 0 Å². The van der Waals surface area contributed by atoms with Gasteiger partial charge in [-0.1, -0.05) is 15.9 Å². The summed E-state index contributed by atoms with van der Waals surface area (Å²) in [7, 11) is 0. The molecule has 0 aromatic heterocycles. The molecule has 0 aliphatic carbocycles. The van der Waals surface area contributed by atoms with Crippen LogP contribution in [0.2, 0.25) is 0 Å². The number of halogens is 3. The molecule has 1 fully saturated rings. The molecule has 2 rings (SSSR count). The van der Waals surface area contributed by atoms with Crippen molar-refractivity contribution >= 4 is 21.8 Å². The lowest BCUT2D eigenvalue weighted by atomic mass is 10.1. The van der Waals surface area contributed by atoms with Crippen molar-refractivity contribution in [2.45, 2.75) is 31.7 Å². The van der Waals surface area contributed by atoms with E-state index in [2.05, 4.69) is 15.9 Å². The highest BCUT2D eigenvalue weighted by atomic mass is 79.9. The fourth-order valence-electron chi connectivity index (χ4n) is 2.51. The first kappa shape index (κ1) is 14.4. The first-order valence-electron chi connectivity index (χ1n) is 6.45. The molecule has 1 amide bonds. The molecule has 0 N–H and O–H groups in total. The van der Waals surface area contributed by atoms with Crippen LogP contribution < -0.4 is 0 Å². The largest absolute Gasteiger partial charge is 0.336 e. The van der Waals surface area contributed by atoms with E-state index in [0.717, 1.165) is 43.1 Å². The standard InChI is InChI=1S/C14H16BrF2NO/c15-7-1-3-11-4-2-8-18(11)14(19)10-5-6-12(16)13(17)9-10/h5-6,9,11H,1-4,7-8H2. The van der Waals surface area contributed by atoms with Gasteiger partial charge < -0.3 is 4.90 Å².